The summed E-state index contributed by atoms with van der Waals surface area (Å²) in [4.78, 5) is 24.4. The van der Waals surface area contributed by atoms with E-state index in [1.165, 1.54) is 4.57 Å². The Morgan fingerprint density at radius 1 is 1.28 bits per heavy atom. The van der Waals surface area contributed by atoms with E-state index in [0.717, 1.165) is 23.4 Å². The zero-order valence-corrected chi connectivity index (χ0v) is 17.0. The summed E-state index contributed by atoms with van der Waals surface area (Å²) in [5.41, 5.74) is 0.595. The molecular weight excluding hydrogens is 425 g/mol. The van der Waals surface area contributed by atoms with Gasteiger partial charge in [0.25, 0.3) is 0 Å². The lowest BCUT2D eigenvalue weighted by Gasteiger charge is -2.20. The summed E-state index contributed by atoms with van der Waals surface area (Å²) < 4.78 is 48.6. The molecule has 0 amide bonds. The Balaban J connectivity index is 1.87. The zero-order valence-electron chi connectivity index (χ0n) is 17.0. The third-order valence-electron chi connectivity index (χ3n) is 6.10. The van der Waals surface area contributed by atoms with Crippen LogP contribution in [-0.4, -0.2) is 22.3 Å². The molecule has 3 aromatic rings. The van der Waals surface area contributed by atoms with E-state index in [0.29, 0.717) is 24.9 Å². The van der Waals surface area contributed by atoms with E-state index in [-0.39, 0.29) is 28.6 Å². The van der Waals surface area contributed by atoms with Crippen LogP contribution in [0, 0.1) is 5.82 Å². The SMILES string of the molecule is CC1NCc2ccc(-c3c(F)cc4c(=O)c(C(=O)O)cn(C5CC5)c4c3OC(F)F)cc21. The Labute approximate surface area is 180 Å². The Hall–Kier alpha value is -3.33. The average Bonchev–Trinajstić information content (AvgIpc) is 3.51. The predicted molar refractivity (Wildman–Crippen MR) is 111 cm³/mol. The molecule has 1 aliphatic carbocycles. The molecule has 5 rings (SSSR count). The highest BCUT2D eigenvalue weighted by Gasteiger charge is 2.32. The first-order valence-electron chi connectivity index (χ1n) is 10.2. The topological polar surface area (TPSA) is 80.6 Å². The summed E-state index contributed by atoms with van der Waals surface area (Å²) in [6.07, 6.45) is 2.50. The first-order valence-corrected chi connectivity index (χ1v) is 10.2. The van der Waals surface area contributed by atoms with Gasteiger partial charge < -0.3 is 19.7 Å². The van der Waals surface area contributed by atoms with Gasteiger partial charge >= 0.3 is 12.6 Å². The lowest BCUT2D eigenvalue weighted by atomic mass is 9.95. The number of nitrogens with one attached hydrogen (secondary N) is 1. The molecule has 2 aliphatic rings. The molecule has 0 bridgehead atoms. The van der Waals surface area contributed by atoms with Crippen LogP contribution in [0.2, 0.25) is 0 Å². The maximum Gasteiger partial charge on any atom is 0.387 e. The maximum atomic E-state index is 15.4. The highest BCUT2D eigenvalue weighted by atomic mass is 19.3. The van der Waals surface area contributed by atoms with Gasteiger partial charge in [0.15, 0.2) is 5.75 Å². The smallest absolute Gasteiger partial charge is 0.387 e. The minimum absolute atomic E-state index is 0.00991. The van der Waals surface area contributed by atoms with Gasteiger partial charge in [0.05, 0.1) is 16.5 Å². The average molecular weight is 444 g/mol. The summed E-state index contributed by atoms with van der Waals surface area (Å²) in [7, 11) is 0. The minimum atomic E-state index is -3.27. The molecule has 166 valence electrons. The predicted octanol–water partition coefficient (Wildman–Crippen LogP) is 4.61. The number of alkyl halides is 2. The standard InChI is InChI=1S/C23H19F3N2O4/c1-10-14-6-11(2-3-12(14)8-27-10)18-17(24)7-15-19(21(18)32-23(25)26)28(13-4-5-13)9-16(20(15)29)22(30)31/h2-3,6-7,9-10,13,23,27H,4-5,8H2,1H3,(H,30,31). The van der Waals surface area contributed by atoms with Crippen molar-refractivity contribution in [2.24, 2.45) is 0 Å². The van der Waals surface area contributed by atoms with E-state index in [1.54, 1.807) is 18.2 Å². The van der Waals surface area contributed by atoms with E-state index in [2.05, 4.69) is 5.32 Å². The maximum absolute atomic E-state index is 15.4. The normalized spacial score (nSPS) is 17.7. The third kappa shape index (κ3) is 3.24. The van der Waals surface area contributed by atoms with E-state index in [1.807, 2.05) is 6.92 Å². The zero-order chi connectivity index (χ0) is 22.7. The Kier molecular flexibility index (Phi) is 4.74. The Morgan fingerprint density at radius 3 is 2.69 bits per heavy atom. The van der Waals surface area contributed by atoms with Crippen LogP contribution >= 0.6 is 0 Å². The molecule has 2 aromatic carbocycles. The molecule has 2 N–H and O–H groups in total. The number of carbonyl (C=O) groups is 1. The first kappa shape index (κ1) is 20.6. The van der Waals surface area contributed by atoms with Gasteiger partial charge in [-0.1, -0.05) is 12.1 Å². The molecular formula is C23H19F3N2O4. The van der Waals surface area contributed by atoms with E-state index in [4.69, 9.17) is 4.74 Å². The van der Waals surface area contributed by atoms with E-state index in [9.17, 15) is 23.5 Å². The number of hydrogen-bond acceptors (Lipinski definition) is 4. The summed E-state index contributed by atoms with van der Waals surface area (Å²) in [6, 6.07) is 5.92. The molecule has 1 aromatic heterocycles. The van der Waals surface area contributed by atoms with Crippen molar-refractivity contribution in [1.29, 1.82) is 0 Å². The van der Waals surface area contributed by atoms with Gasteiger partial charge in [-0.25, -0.2) is 9.18 Å². The van der Waals surface area contributed by atoms with Crippen LogP contribution in [0.4, 0.5) is 13.2 Å². The summed E-state index contributed by atoms with van der Waals surface area (Å²) >= 11 is 0. The van der Waals surface area contributed by atoms with E-state index >= 15 is 4.39 Å². The fourth-order valence-electron chi connectivity index (χ4n) is 4.41. The number of aromatic nitrogens is 1. The number of rotatable bonds is 5. The van der Waals surface area contributed by atoms with E-state index < -0.39 is 35.1 Å². The molecule has 9 heteroatoms. The number of carboxylic acids is 1. The third-order valence-corrected chi connectivity index (χ3v) is 6.10. The van der Waals surface area contributed by atoms with Crippen molar-refractivity contribution >= 4 is 16.9 Å². The number of ether oxygens (including phenoxy) is 1. The molecule has 1 aliphatic heterocycles. The molecule has 1 atom stereocenters. The molecule has 0 radical (unpaired) electrons. The monoisotopic (exact) mass is 444 g/mol. The van der Waals surface area contributed by atoms with Gasteiger partial charge in [-0.2, -0.15) is 8.78 Å². The van der Waals surface area contributed by atoms with Gasteiger partial charge in [-0.15, -0.1) is 0 Å². The van der Waals surface area contributed by atoms with Gasteiger partial charge in [0, 0.05) is 24.8 Å². The molecule has 2 heterocycles. The molecule has 1 saturated carbocycles. The number of pyridine rings is 1. The van der Waals surface area contributed by atoms with Crippen molar-refractivity contribution in [2.45, 2.75) is 45.0 Å². The Bertz CT molecular complexity index is 1330. The molecule has 0 spiro atoms. The van der Waals surface area contributed by atoms with Gasteiger partial charge in [-0.05, 0) is 48.6 Å². The van der Waals surface area contributed by atoms with Gasteiger partial charge in [-0.3, -0.25) is 4.79 Å². The second-order valence-electron chi connectivity index (χ2n) is 8.17. The fourth-order valence-corrected chi connectivity index (χ4v) is 4.41. The highest BCUT2D eigenvalue weighted by Crippen LogP contribution is 2.45. The molecule has 1 fully saturated rings. The van der Waals surface area contributed by atoms with Crippen LogP contribution in [0.5, 0.6) is 5.75 Å². The van der Waals surface area contributed by atoms with Crippen LogP contribution < -0.4 is 15.5 Å². The molecule has 6 nitrogen and oxygen atoms in total. The number of hydrogen-bond donors (Lipinski definition) is 2. The molecule has 1 unspecified atom stereocenters. The number of fused-ring (bicyclic) bond motifs is 2. The summed E-state index contributed by atoms with van der Waals surface area (Å²) in [5, 5.41) is 12.4. The fraction of sp³-hybridized carbons (Fsp3) is 0.304. The van der Waals surface area contributed by atoms with Gasteiger partial charge in [0.2, 0.25) is 5.43 Å². The summed E-state index contributed by atoms with van der Waals surface area (Å²) in [5.74, 6) is -2.87. The minimum Gasteiger partial charge on any atom is -0.477 e. The first-order chi connectivity index (χ1) is 15.3. The lowest BCUT2D eigenvalue weighted by Crippen LogP contribution is -2.20. The van der Waals surface area contributed by atoms with Crippen molar-refractivity contribution in [1.82, 2.24) is 9.88 Å². The number of benzene rings is 2. The number of nitrogens with zero attached hydrogens (tertiary/aromatic N) is 1. The van der Waals surface area contributed by atoms with Crippen molar-refractivity contribution in [2.75, 3.05) is 0 Å². The van der Waals surface area contributed by atoms with Crippen LogP contribution in [0.3, 0.4) is 0 Å². The second kappa shape index (κ2) is 7.37. The largest absolute Gasteiger partial charge is 0.477 e. The highest BCUT2D eigenvalue weighted by molar-refractivity contribution is 5.98. The van der Waals surface area contributed by atoms with Crippen molar-refractivity contribution in [3.63, 3.8) is 0 Å². The Morgan fingerprint density at radius 2 is 2.03 bits per heavy atom. The number of aromatic carboxylic acids is 1. The van der Waals surface area contributed by atoms with Crippen molar-refractivity contribution < 1.29 is 27.8 Å². The van der Waals surface area contributed by atoms with Crippen LogP contribution in [0.1, 0.15) is 53.3 Å². The van der Waals surface area contributed by atoms with Crippen molar-refractivity contribution in [3.8, 4) is 16.9 Å². The number of halogens is 3. The molecule has 0 saturated heterocycles. The van der Waals surface area contributed by atoms with Crippen molar-refractivity contribution in [3.05, 3.63) is 63.2 Å². The number of carboxylic acid groups (broad SMARTS) is 1. The summed E-state index contributed by atoms with van der Waals surface area (Å²) in [6.45, 7) is -0.673. The van der Waals surface area contributed by atoms with Gasteiger partial charge in [0.1, 0.15) is 11.4 Å². The quantitative estimate of drug-likeness (QED) is 0.601. The molecule has 32 heavy (non-hydrogen) atoms. The van der Waals surface area contributed by atoms with Crippen LogP contribution in [0.15, 0.2) is 35.3 Å². The lowest BCUT2D eigenvalue weighted by molar-refractivity contribution is -0.0487. The van der Waals surface area contributed by atoms with Crippen LogP contribution in [0.25, 0.3) is 22.0 Å². The van der Waals surface area contributed by atoms with Crippen LogP contribution in [-0.2, 0) is 6.54 Å². The second-order valence-corrected chi connectivity index (χ2v) is 8.17.